The van der Waals surface area contributed by atoms with Gasteiger partial charge in [-0.05, 0) is 38.5 Å². The van der Waals surface area contributed by atoms with Crippen LogP contribution in [0, 0.1) is 20.8 Å². The van der Waals surface area contributed by atoms with Crippen LogP contribution in [0.25, 0.3) is 11.5 Å². The highest BCUT2D eigenvalue weighted by atomic mass is 32.2. The molecule has 3 aromatic rings. The van der Waals surface area contributed by atoms with Crippen LogP contribution >= 0.6 is 11.8 Å². The van der Waals surface area contributed by atoms with Crippen molar-refractivity contribution >= 4 is 17.5 Å². The van der Waals surface area contributed by atoms with Crippen LogP contribution in [-0.2, 0) is 0 Å². The Hall–Kier alpha value is -2.40. The third-order valence-corrected chi connectivity index (χ3v) is 4.50. The first kappa shape index (κ1) is 16.5. The van der Waals surface area contributed by atoms with E-state index < -0.39 is 0 Å². The molecule has 0 radical (unpaired) electrons. The minimum Gasteiger partial charge on any atom is -0.411 e. The van der Waals surface area contributed by atoms with Crippen molar-refractivity contribution in [3.05, 3.63) is 64.7 Å². The monoisotopic (exact) mass is 338 g/mol. The molecule has 0 saturated heterocycles. The maximum Gasteiger partial charge on any atom is 0.277 e. The molecule has 24 heavy (non-hydrogen) atoms. The van der Waals surface area contributed by atoms with E-state index in [1.54, 1.807) is 0 Å². The van der Waals surface area contributed by atoms with Crippen molar-refractivity contribution in [2.45, 2.75) is 26.0 Å². The summed E-state index contributed by atoms with van der Waals surface area (Å²) < 4.78 is 5.65. The summed E-state index contributed by atoms with van der Waals surface area (Å²) >= 11 is 1.27. The molecular formula is C19H18N2O2S. The second kappa shape index (κ2) is 7.01. The Morgan fingerprint density at radius 3 is 2.58 bits per heavy atom. The molecule has 2 aromatic carbocycles. The predicted molar refractivity (Wildman–Crippen MR) is 95.4 cm³/mol. The smallest absolute Gasteiger partial charge is 0.277 e. The van der Waals surface area contributed by atoms with Gasteiger partial charge in [-0.15, -0.1) is 10.2 Å². The summed E-state index contributed by atoms with van der Waals surface area (Å²) in [7, 11) is 0. The molecule has 0 unspecified atom stereocenters. The molecule has 0 atom stereocenters. The fourth-order valence-corrected chi connectivity index (χ4v) is 3.14. The molecule has 5 heteroatoms. The zero-order chi connectivity index (χ0) is 17.1. The average Bonchev–Trinajstić information content (AvgIpc) is 3.01. The van der Waals surface area contributed by atoms with Crippen molar-refractivity contribution in [2.24, 2.45) is 0 Å². The normalized spacial score (nSPS) is 10.8. The maximum absolute atomic E-state index is 12.4. The second-order valence-corrected chi connectivity index (χ2v) is 6.70. The Balaban J connectivity index is 1.68. The Bertz CT molecular complexity index is 887. The summed E-state index contributed by atoms with van der Waals surface area (Å²) in [5.74, 6) is 0.812. The standard InChI is InChI=1S/C19H18N2O2S/c1-12-5-4-6-15(10-12)18-20-21-19(23-18)24-11-17(22)16-8-7-13(2)9-14(16)3/h4-10H,11H2,1-3H3. The van der Waals surface area contributed by atoms with E-state index in [-0.39, 0.29) is 11.5 Å². The van der Waals surface area contributed by atoms with Crippen molar-refractivity contribution in [3.8, 4) is 11.5 Å². The summed E-state index contributed by atoms with van der Waals surface area (Å²) in [6, 6.07) is 13.7. The predicted octanol–water partition coefficient (Wildman–Crippen LogP) is 4.64. The number of carbonyl (C=O) groups is 1. The van der Waals surface area contributed by atoms with Crippen LogP contribution in [-0.4, -0.2) is 21.7 Å². The molecule has 0 fully saturated rings. The van der Waals surface area contributed by atoms with Crippen molar-refractivity contribution in [1.29, 1.82) is 0 Å². The highest BCUT2D eigenvalue weighted by Gasteiger charge is 2.14. The molecule has 4 nitrogen and oxygen atoms in total. The van der Waals surface area contributed by atoms with Crippen molar-refractivity contribution in [3.63, 3.8) is 0 Å². The van der Waals surface area contributed by atoms with E-state index in [0.717, 1.165) is 27.8 Å². The fraction of sp³-hybridized carbons (Fsp3) is 0.211. The van der Waals surface area contributed by atoms with Crippen LogP contribution in [0.1, 0.15) is 27.0 Å². The number of benzene rings is 2. The van der Waals surface area contributed by atoms with E-state index >= 15 is 0 Å². The Labute approximate surface area is 145 Å². The van der Waals surface area contributed by atoms with Crippen LogP contribution in [0.5, 0.6) is 0 Å². The van der Waals surface area contributed by atoms with Gasteiger partial charge in [-0.25, -0.2) is 0 Å². The highest BCUT2D eigenvalue weighted by Crippen LogP contribution is 2.24. The zero-order valence-electron chi connectivity index (χ0n) is 13.9. The van der Waals surface area contributed by atoms with Crippen LogP contribution < -0.4 is 0 Å². The SMILES string of the molecule is Cc1cccc(-c2nnc(SCC(=O)c3ccc(C)cc3C)o2)c1. The first-order valence-electron chi connectivity index (χ1n) is 7.67. The number of aryl methyl sites for hydroxylation is 3. The van der Waals surface area contributed by atoms with Crippen molar-refractivity contribution in [1.82, 2.24) is 10.2 Å². The molecule has 0 N–H and O–H groups in total. The lowest BCUT2D eigenvalue weighted by molar-refractivity contribution is 0.102. The molecule has 0 aliphatic rings. The number of aromatic nitrogens is 2. The minimum absolute atomic E-state index is 0.0628. The van der Waals surface area contributed by atoms with Crippen LogP contribution in [0.15, 0.2) is 52.1 Å². The van der Waals surface area contributed by atoms with Gasteiger partial charge >= 0.3 is 0 Å². The zero-order valence-corrected chi connectivity index (χ0v) is 14.7. The molecule has 0 saturated carbocycles. The van der Waals surface area contributed by atoms with E-state index in [1.165, 1.54) is 11.8 Å². The third kappa shape index (κ3) is 3.74. The van der Waals surface area contributed by atoms with Gasteiger partial charge in [0.25, 0.3) is 5.22 Å². The molecule has 0 amide bonds. The van der Waals surface area contributed by atoms with Crippen LogP contribution in [0.2, 0.25) is 0 Å². The minimum atomic E-state index is 0.0628. The van der Waals surface area contributed by atoms with Gasteiger partial charge in [-0.3, -0.25) is 4.79 Å². The number of thioether (sulfide) groups is 1. The molecule has 0 aliphatic heterocycles. The average molecular weight is 338 g/mol. The van der Waals surface area contributed by atoms with Crippen molar-refractivity contribution in [2.75, 3.05) is 5.75 Å². The van der Waals surface area contributed by atoms with Gasteiger partial charge in [0.2, 0.25) is 5.89 Å². The van der Waals surface area contributed by atoms with E-state index in [2.05, 4.69) is 10.2 Å². The van der Waals surface area contributed by atoms with Crippen LogP contribution in [0.4, 0.5) is 0 Å². The van der Waals surface area contributed by atoms with Crippen LogP contribution in [0.3, 0.4) is 0 Å². The third-order valence-electron chi connectivity index (χ3n) is 3.68. The first-order valence-corrected chi connectivity index (χ1v) is 8.65. The lowest BCUT2D eigenvalue weighted by Crippen LogP contribution is -2.04. The molecule has 1 heterocycles. The fourth-order valence-electron chi connectivity index (χ4n) is 2.49. The summed E-state index contributed by atoms with van der Waals surface area (Å²) in [5.41, 5.74) is 4.90. The van der Waals surface area contributed by atoms with Gasteiger partial charge in [0.05, 0.1) is 5.75 Å². The van der Waals surface area contributed by atoms with E-state index in [4.69, 9.17) is 4.42 Å². The van der Waals surface area contributed by atoms with Gasteiger partial charge < -0.3 is 4.42 Å². The Kier molecular flexibility index (Phi) is 4.81. The first-order chi connectivity index (χ1) is 11.5. The van der Waals surface area contributed by atoms with Gasteiger partial charge in [-0.2, -0.15) is 0 Å². The summed E-state index contributed by atoms with van der Waals surface area (Å²) in [6.45, 7) is 5.98. The summed E-state index contributed by atoms with van der Waals surface area (Å²) in [5, 5.41) is 8.48. The number of carbonyl (C=O) groups excluding carboxylic acids is 1. The molecule has 122 valence electrons. The lowest BCUT2D eigenvalue weighted by Gasteiger charge is -2.04. The number of ketones is 1. The molecule has 0 aliphatic carbocycles. The van der Waals surface area contributed by atoms with Gasteiger partial charge in [0.15, 0.2) is 5.78 Å². The van der Waals surface area contributed by atoms with Gasteiger partial charge in [-0.1, -0.05) is 53.2 Å². The van der Waals surface area contributed by atoms with Crippen molar-refractivity contribution < 1.29 is 9.21 Å². The summed E-state index contributed by atoms with van der Waals surface area (Å²) in [6.07, 6.45) is 0. The molecule has 0 bridgehead atoms. The van der Waals surface area contributed by atoms with Gasteiger partial charge in [0.1, 0.15) is 0 Å². The quantitative estimate of drug-likeness (QED) is 0.501. The molecule has 0 spiro atoms. The number of nitrogens with zero attached hydrogens (tertiary/aromatic N) is 2. The second-order valence-electron chi connectivity index (χ2n) is 5.77. The van der Waals surface area contributed by atoms with E-state index in [1.807, 2.05) is 63.2 Å². The Morgan fingerprint density at radius 2 is 1.83 bits per heavy atom. The number of hydrogen-bond acceptors (Lipinski definition) is 5. The van der Waals surface area contributed by atoms with E-state index in [9.17, 15) is 4.79 Å². The number of Topliss-reactive ketones (excluding diaryl/α,β-unsaturated/α-hetero) is 1. The maximum atomic E-state index is 12.4. The Morgan fingerprint density at radius 1 is 1.04 bits per heavy atom. The van der Waals surface area contributed by atoms with E-state index in [0.29, 0.717) is 11.1 Å². The largest absolute Gasteiger partial charge is 0.411 e. The highest BCUT2D eigenvalue weighted by molar-refractivity contribution is 7.99. The molecule has 1 aromatic heterocycles. The van der Waals surface area contributed by atoms with Gasteiger partial charge in [0, 0.05) is 11.1 Å². The number of rotatable bonds is 5. The molecular weight excluding hydrogens is 320 g/mol. The molecule has 3 rings (SSSR count). The number of hydrogen-bond donors (Lipinski definition) is 0. The lowest BCUT2D eigenvalue weighted by atomic mass is 10.0. The topological polar surface area (TPSA) is 56.0 Å². The summed E-state index contributed by atoms with van der Waals surface area (Å²) in [4.78, 5) is 12.4.